The molecule has 46 heavy (non-hydrogen) atoms. The van der Waals surface area contributed by atoms with E-state index in [1.807, 2.05) is 0 Å². The third-order valence-corrected chi connectivity index (χ3v) is 8.36. The summed E-state index contributed by atoms with van der Waals surface area (Å²) >= 11 is -7.72. The normalized spacial score (nSPS) is 12.9. The summed E-state index contributed by atoms with van der Waals surface area (Å²) in [4.78, 5) is 0. The first-order chi connectivity index (χ1) is 21.4. The Kier molecular flexibility index (Phi) is 35.1. The number of quaternary nitrogens is 2. The zero-order valence-corrected chi connectivity index (χ0v) is 34.2. The molecule has 0 aromatic heterocycles. The first kappa shape index (κ1) is 50.2. The molecule has 0 aliphatic carbocycles. The molecule has 7 nitrogen and oxygen atoms in total. The molecule has 0 aliphatic heterocycles. The fraction of sp³-hybridized carbons (Fsp3) is 1.00. The number of rotatable bonds is 30. The summed E-state index contributed by atoms with van der Waals surface area (Å²) in [6.07, 6.45) is 40.7. The van der Waals surface area contributed by atoms with Crippen LogP contribution in [0.2, 0.25) is 0 Å². The third-order valence-electron chi connectivity index (χ3n) is 8.36. The molecule has 0 atom stereocenters. The van der Waals surface area contributed by atoms with E-state index in [-0.39, 0.29) is 0 Å². The van der Waals surface area contributed by atoms with Gasteiger partial charge in [-0.25, -0.2) is 0 Å². The maximum absolute atomic E-state index is 8.64. The first-order valence-corrected chi connectivity index (χ1v) is 23.0. The van der Waals surface area contributed by atoms with Crippen LogP contribution < -0.4 is 7.87 Å². The predicted octanol–water partition coefficient (Wildman–Crippen LogP) is 9.61. The van der Waals surface area contributed by atoms with Gasteiger partial charge in [0, 0.05) is 0 Å². The van der Waals surface area contributed by atoms with Crippen molar-refractivity contribution >= 4 is 0 Å². The van der Waals surface area contributed by atoms with E-state index < -0.39 is 14.2 Å². The fourth-order valence-corrected chi connectivity index (χ4v) is 5.56. The van der Waals surface area contributed by atoms with Gasteiger partial charge in [0.05, 0.1) is 55.4 Å². The summed E-state index contributed by atoms with van der Waals surface area (Å²) < 4.78 is 45.4. The predicted molar refractivity (Wildman–Crippen MR) is 188 cm³/mol. The molecule has 0 amide bonds. The minimum absolute atomic E-state index is 1.12. The molecule has 0 unspecified atom stereocenters. The van der Waals surface area contributed by atoms with Crippen LogP contribution in [0.3, 0.4) is 0 Å². The molecule has 0 spiro atoms. The van der Waals surface area contributed by atoms with E-state index in [0.717, 1.165) is 8.97 Å². The molecule has 0 bridgehead atoms. The number of unbranched alkanes of at least 4 members (excludes halogenated alkanes) is 26. The van der Waals surface area contributed by atoms with Gasteiger partial charge in [0.1, 0.15) is 0 Å². The average molecular weight is 750 g/mol. The van der Waals surface area contributed by atoms with Gasteiger partial charge in [-0.3, -0.25) is 0 Å². The average Bonchev–Trinajstić information content (AvgIpc) is 2.91. The van der Waals surface area contributed by atoms with Crippen molar-refractivity contribution < 1.29 is 41.7 Å². The van der Waals surface area contributed by atoms with Crippen molar-refractivity contribution in [1.82, 2.24) is 0 Å². The number of hydrogen-bond acceptors (Lipinski definition) is 5. The van der Waals surface area contributed by atoms with Crippen LogP contribution in [0, 0.1) is 0 Å². The Bertz CT molecular complexity index is 747. The molecule has 0 aromatic rings. The van der Waals surface area contributed by atoms with Gasteiger partial charge in [-0.1, -0.05) is 168 Å². The van der Waals surface area contributed by atoms with Crippen LogP contribution in [0.5, 0.6) is 0 Å². The van der Waals surface area contributed by atoms with Gasteiger partial charge in [0.2, 0.25) is 0 Å². The topological polar surface area (TPSA) is 97.3 Å². The second kappa shape index (κ2) is 32.1. The fourth-order valence-electron chi connectivity index (χ4n) is 5.56. The monoisotopic (exact) mass is 751 g/mol. The minimum atomic E-state index is -7.72. The Morgan fingerprint density at radius 2 is 0.457 bits per heavy atom. The molecular weight excluding hydrogens is 665 g/mol. The van der Waals surface area contributed by atoms with Gasteiger partial charge < -0.3 is 8.97 Å². The van der Waals surface area contributed by atoms with Gasteiger partial charge in [-0.15, -0.1) is 0 Å². The zero-order chi connectivity index (χ0) is 35.7. The van der Waals surface area contributed by atoms with Gasteiger partial charge in [0.15, 0.2) is 0 Å². The first-order valence-electron chi connectivity index (χ1n) is 19.5. The molecule has 0 N–H and O–H groups in total. The molecule has 0 aliphatic rings. The number of hydrogen-bond donors (Lipinski definition) is 0. The van der Waals surface area contributed by atoms with Crippen molar-refractivity contribution in [2.24, 2.45) is 0 Å². The molecule has 284 valence electrons. The van der Waals surface area contributed by atoms with Gasteiger partial charge in [0.25, 0.3) is 0 Å². The van der Waals surface area contributed by atoms with Crippen LogP contribution in [-0.2, 0) is 24.9 Å². The van der Waals surface area contributed by atoms with Crippen LogP contribution in [0.1, 0.15) is 194 Å². The molecule has 0 radical (unpaired) electrons. The van der Waals surface area contributed by atoms with Gasteiger partial charge in [-0.2, -0.15) is 0 Å². The van der Waals surface area contributed by atoms with Crippen molar-refractivity contribution in [3.05, 3.63) is 0 Å². The van der Waals surface area contributed by atoms with E-state index in [2.05, 4.69) is 56.1 Å². The van der Waals surface area contributed by atoms with E-state index in [1.54, 1.807) is 0 Å². The Hall–Kier alpha value is -0.137. The van der Waals surface area contributed by atoms with Crippen molar-refractivity contribution in [1.29, 1.82) is 0 Å². The Balaban J connectivity index is -0.000000682. The molecule has 8 heteroatoms. The molecule has 0 aromatic carbocycles. The van der Waals surface area contributed by atoms with E-state index in [1.165, 1.54) is 193 Å². The molecule has 0 fully saturated rings. The van der Waals surface area contributed by atoms with Crippen LogP contribution in [-0.4, -0.2) is 64.3 Å². The van der Waals surface area contributed by atoms with Crippen LogP contribution >= 0.6 is 0 Å². The van der Waals surface area contributed by atoms with Gasteiger partial charge in [-0.05, 0) is 25.7 Å². The summed E-state index contributed by atoms with van der Waals surface area (Å²) in [5.41, 5.74) is 0. The Labute approximate surface area is 289 Å². The Morgan fingerprint density at radius 1 is 0.326 bits per heavy atom. The molecule has 0 heterocycles. The number of nitrogens with zero attached hydrogens (tertiary/aromatic N) is 2. The van der Waals surface area contributed by atoms with Crippen molar-refractivity contribution in [3.63, 3.8) is 0 Å². The summed E-state index contributed by atoms with van der Waals surface area (Å²) in [5.74, 6) is 0. The zero-order valence-electron chi connectivity index (χ0n) is 32.5. The molecule has 0 rings (SSSR count). The van der Waals surface area contributed by atoms with Crippen LogP contribution in [0.4, 0.5) is 0 Å². The summed E-state index contributed by atoms with van der Waals surface area (Å²) in [7, 11) is 13.8. The van der Waals surface area contributed by atoms with Gasteiger partial charge >= 0.3 is 32.8 Å². The SMILES string of the molecule is CCCCCCCCCCCCCCCC[N+](C)(C)C.CCCCCCCCCCCCCCCC[N+](C)(C)C.[O]=[Ru](=[O])(=[O])([O-])[O-]. The quantitative estimate of drug-likeness (QED) is 0.0414. The summed E-state index contributed by atoms with van der Waals surface area (Å²) in [6, 6.07) is 0. The van der Waals surface area contributed by atoms with Crippen molar-refractivity contribution in [2.75, 3.05) is 55.4 Å². The summed E-state index contributed by atoms with van der Waals surface area (Å²) in [6.45, 7) is 7.25. The van der Waals surface area contributed by atoms with E-state index in [0.29, 0.717) is 0 Å². The molecule has 0 saturated carbocycles. The van der Waals surface area contributed by atoms with Crippen molar-refractivity contribution in [3.8, 4) is 0 Å². The van der Waals surface area contributed by atoms with E-state index >= 15 is 0 Å². The molecule has 0 saturated heterocycles. The standard InChI is InChI=1S/2C19H42N.5O.Ru/c2*1-5-6-7-8-9-10-11-12-13-14-15-16-17-18-19-20(2,3)4;;;;;;/h2*5-19H2,1-4H3;;;;;;/q2*+1;;;;2*-1;. The Morgan fingerprint density at radius 3 is 0.587 bits per heavy atom. The van der Waals surface area contributed by atoms with Crippen LogP contribution in [0.15, 0.2) is 0 Å². The van der Waals surface area contributed by atoms with E-state index in [9.17, 15) is 0 Å². The second-order valence-electron chi connectivity index (χ2n) is 15.8. The third kappa shape index (κ3) is 70.3. The maximum atomic E-state index is 8.64. The van der Waals surface area contributed by atoms with E-state index in [4.69, 9.17) is 18.6 Å². The van der Waals surface area contributed by atoms with Crippen LogP contribution in [0.25, 0.3) is 0 Å². The summed E-state index contributed by atoms with van der Waals surface area (Å²) in [5, 5.41) is 0. The molecular formula is C38H84N2O5Ru. The second-order valence-corrected chi connectivity index (χ2v) is 18.7. The van der Waals surface area contributed by atoms with Crippen molar-refractivity contribution in [2.45, 2.75) is 194 Å².